The monoisotopic (exact) mass is 433 g/mol. The van der Waals surface area contributed by atoms with Crippen molar-refractivity contribution >= 4 is 39.2 Å². The maximum atomic E-state index is 12.9. The molecule has 158 valence electrons. The minimum Gasteiger partial charge on any atom is -0.464 e. The Hall–Kier alpha value is -3.38. The van der Waals surface area contributed by atoms with Crippen molar-refractivity contribution in [2.75, 3.05) is 11.9 Å². The standard InChI is InChI=1S/C25H23NO4S/c1-4-29-25(28)23-19(17-8-6-5-7-9-17)14-31-24(23)26-21(27)12-18-13-30-20-11-15(2)10-16(3)22(18)20/h5-11,13-14H,4,12H2,1-3H3,(H,26,27). The van der Waals surface area contributed by atoms with Crippen molar-refractivity contribution < 1.29 is 18.7 Å². The Labute approximate surface area is 184 Å². The van der Waals surface area contributed by atoms with Crippen LogP contribution < -0.4 is 5.32 Å². The first-order valence-electron chi connectivity index (χ1n) is 10.1. The normalized spacial score (nSPS) is 10.9. The number of aryl methyl sites for hydroxylation is 2. The van der Waals surface area contributed by atoms with Gasteiger partial charge in [0.2, 0.25) is 5.91 Å². The number of furan rings is 1. The minimum absolute atomic E-state index is 0.151. The number of ether oxygens (including phenoxy) is 1. The fourth-order valence-electron chi connectivity index (χ4n) is 3.79. The molecule has 0 spiro atoms. The van der Waals surface area contributed by atoms with Crippen molar-refractivity contribution in [1.82, 2.24) is 0 Å². The zero-order valence-electron chi connectivity index (χ0n) is 17.7. The number of hydrogen-bond acceptors (Lipinski definition) is 5. The summed E-state index contributed by atoms with van der Waals surface area (Å²) in [7, 11) is 0. The van der Waals surface area contributed by atoms with Crippen LogP contribution in [0.3, 0.4) is 0 Å². The molecule has 0 fully saturated rings. The van der Waals surface area contributed by atoms with E-state index in [1.165, 1.54) is 11.3 Å². The number of nitrogens with one attached hydrogen (secondary N) is 1. The van der Waals surface area contributed by atoms with Crippen LogP contribution >= 0.6 is 11.3 Å². The molecule has 31 heavy (non-hydrogen) atoms. The summed E-state index contributed by atoms with van der Waals surface area (Å²) in [6.45, 7) is 6.05. The molecule has 0 unspecified atom stereocenters. The van der Waals surface area contributed by atoms with Crippen molar-refractivity contribution in [3.8, 4) is 11.1 Å². The summed E-state index contributed by atoms with van der Waals surface area (Å²) in [4.78, 5) is 25.6. The second-order valence-electron chi connectivity index (χ2n) is 7.38. The largest absolute Gasteiger partial charge is 0.464 e. The summed E-state index contributed by atoms with van der Waals surface area (Å²) in [6, 6.07) is 13.6. The van der Waals surface area contributed by atoms with Crippen molar-refractivity contribution in [1.29, 1.82) is 0 Å². The Bertz CT molecular complexity index is 1250. The maximum absolute atomic E-state index is 12.9. The molecule has 0 aliphatic carbocycles. The zero-order chi connectivity index (χ0) is 22.0. The van der Waals surface area contributed by atoms with E-state index < -0.39 is 5.97 Å². The number of anilines is 1. The van der Waals surface area contributed by atoms with E-state index in [0.29, 0.717) is 10.6 Å². The Morgan fingerprint density at radius 3 is 2.65 bits per heavy atom. The van der Waals surface area contributed by atoms with Gasteiger partial charge in [-0.2, -0.15) is 0 Å². The summed E-state index contributed by atoms with van der Waals surface area (Å²) >= 11 is 1.32. The molecule has 0 aliphatic rings. The molecule has 2 heterocycles. The topological polar surface area (TPSA) is 68.5 Å². The van der Waals surface area contributed by atoms with Crippen LogP contribution in [0.4, 0.5) is 5.00 Å². The molecular formula is C25H23NO4S. The van der Waals surface area contributed by atoms with Crippen LogP contribution in [0.1, 0.15) is 34.0 Å². The molecule has 0 saturated carbocycles. The number of amides is 1. The first kappa shape index (κ1) is 20.9. The molecule has 1 amide bonds. The van der Waals surface area contributed by atoms with Crippen molar-refractivity contribution in [3.63, 3.8) is 0 Å². The highest BCUT2D eigenvalue weighted by molar-refractivity contribution is 7.15. The molecule has 6 heteroatoms. The van der Waals surface area contributed by atoms with E-state index in [9.17, 15) is 9.59 Å². The van der Waals surface area contributed by atoms with E-state index >= 15 is 0 Å². The fraction of sp³-hybridized carbons (Fsp3) is 0.200. The average Bonchev–Trinajstić information content (AvgIpc) is 3.33. The molecule has 2 aromatic carbocycles. The quantitative estimate of drug-likeness (QED) is 0.371. The first-order chi connectivity index (χ1) is 15.0. The number of thiophene rings is 1. The van der Waals surface area contributed by atoms with Crippen LogP contribution in [-0.2, 0) is 16.0 Å². The molecular weight excluding hydrogens is 410 g/mol. The van der Waals surface area contributed by atoms with Gasteiger partial charge in [0, 0.05) is 21.9 Å². The number of carbonyl (C=O) groups is 2. The van der Waals surface area contributed by atoms with Gasteiger partial charge in [-0.25, -0.2) is 4.79 Å². The molecule has 4 rings (SSSR count). The van der Waals surface area contributed by atoms with Crippen molar-refractivity contribution in [2.45, 2.75) is 27.2 Å². The van der Waals surface area contributed by atoms with Gasteiger partial charge < -0.3 is 14.5 Å². The Balaban J connectivity index is 1.63. The minimum atomic E-state index is -0.446. The van der Waals surface area contributed by atoms with Gasteiger partial charge in [0.05, 0.1) is 19.3 Å². The molecule has 0 bridgehead atoms. The molecule has 5 nitrogen and oxygen atoms in total. The van der Waals surface area contributed by atoms with Gasteiger partial charge in [-0.05, 0) is 43.5 Å². The third-order valence-electron chi connectivity index (χ3n) is 5.05. The smallest absolute Gasteiger partial charge is 0.341 e. The zero-order valence-corrected chi connectivity index (χ0v) is 18.5. The van der Waals surface area contributed by atoms with Crippen LogP contribution in [0.15, 0.2) is 58.5 Å². The predicted molar refractivity (Wildman–Crippen MR) is 124 cm³/mol. The summed E-state index contributed by atoms with van der Waals surface area (Å²) in [5.41, 5.74) is 5.81. The predicted octanol–water partition coefficient (Wildman–Crippen LogP) is 6.14. The third kappa shape index (κ3) is 4.25. The van der Waals surface area contributed by atoms with Crippen LogP contribution in [0.5, 0.6) is 0 Å². The summed E-state index contributed by atoms with van der Waals surface area (Å²) in [5, 5.41) is 6.23. The van der Waals surface area contributed by atoms with Gasteiger partial charge in [-0.3, -0.25) is 4.79 Å². The molecule has 2 aromatic heterocycles. The van der Waals surface area contributed by atoms with E-state index in [1.54, 1.807) is 13.2 Å². The Morgan fingerprint density at radius 1 is 1.13 bits per heavy atom. The van der Waals surface area contributed by atoms with Crippen molar-refractivity contribution in [3.05, 3.63) is 76.4 Å². The van der Waals surface area contributed by atoms with Crippen LogP contribution in [-0.4, -0.2) is 18.5 Å². The van der Waals surface area contributed by atoms with E-state index in [4.69, 9.17) is 9.15 Å². The van der Waals surface area contributed by atoms with Gasteiger partial charge in [-0.15, -0.1) is 11.3 Å². The van der Waals surface area contributed by atoms with Crippen LogP contribution in [0.2, 0.25) is 0 Å². The van der Waals surface area contributed by atoms with Crippen LogP contribution in [0, 0.1) is 13.8 Å². The van der Waals surface area contributed by atoms with Gasteiger partial charge in [0.1, 0.15) is 16.1 Å². The number of rotatable bonds is 6. The molecule has 0 atom stereocenters. The van der Waals surface area contributed by atoms with E-state index in [-0.39, 0.29) is 18.9 Å². The second-order valence-corrected chi connectivity index (χ2v) is 8.26. The molecule has 4 aromatic rings. The fourth-order valence-corrected chi connectivity index (χ4v) is 4.76. The van der Waals surface area contributed by atoms with Gasteiger partial charge in [-0.1, -0.05) is 36.4 Å². The molecule has 0 saturated heterocycles. The highest BCUT2D eigenvalue weighted by Crippen LogP contribution is 2.36. The Morgan fingerprint density at radius 2 is 1.90 bits per heavy atom. The number of esters is 1. The lowest BCUT2D eigenvalue weighted by atomic mass is 10.0. The second kappa shape index (κ2) is 8.78. The highest BCUT2D eigenvalue weighted by atomic mass is 32.1. The molecule has 0 aliphatic heterocycles. The summed E-state index contributed by atoms with van der Waals surface area (Å²) in [6.07, 6.45) is 1.78. The highest BCUT2D eigenvalue weighted by Gasteiger charge is 2.23. The van der Waals surface area contributed by atoms with E-state index in [0.717, 1.165) is 38.8 Å². The molecule has 0 radical (unpaired) electrons. The van der Waals surface area contributed by atoms with Gasteiger partial charge >= 0.3 is 5.97 Å². The van der Waals surface area contributed by atoms with E-state index in [1.807, 2.05) is 55.6 Å². The average molecular weight is 434 g/mol. The Kier molecular flexibility index (Phi) is 5.91. The summed E-state index contributed by atoms with van der Waals surface area (Å²) in [5.74, 6) is -0.660. The lowest BCUT2D eigenvalue weighted by Gasteiger charge is -2.09. The number of benzene rings is 2. The SMILES string of the molecule is CCOC(=O)c1c(-c2ccccc2)csc1NC(=O)Cc1coc2cc(C)cc(C)c12. The first-order valence-corrected chi connectivity index (χ1v) is 11.0. The van der Waals surface area contributed by atoms with E-state index in [2.05, 4.69) is 11.4 Å². The van der Waals surface area contributed by atoms with Crippen LogP contribution in [0.25, 0.3) is 22.1 Å². The third-order valence-corrected chi connectivity index (χ3v) is 5.95. The number of fused-ring (bicyclic) bond motifs is 1. The van der Waals surface area contributed by atoms with Crippen molar-refractivity contribution in [2.24, 2.45) is 0 Å². The van der Waals surface area contributed by atoms with Gasteiger partial charge in [0.15, 0.2) is 0 Å². The lowest BCUT2D eigenvalue weighted by Crippen LogP contribution is -2.16. The number of carbonyl (C=O) groups excluding carboxylic acids is 2. The summed E-state index contributed by atoms with van der Waals surface area (Å²) < 4.78 is 10.9. The number of hydrogen-bond donors (Lipinski definition) is 1. The van der Waals surface area contributed by atoms with Gasteiger partial charge in [0.25, 0.3) is 0 Å². The maximum Gasteiger partial charge on any atom is 0.341 e. The molecule has 1 N–H and O–H groups in total. The lowest BCUT2D eigenvalue weighted by molar-refractivity contribution is -0.115.